The minimum atomic E-state index is -0.0300. The topological polar surface area (TPSA) is 83.8 Å². The highest BCUT2D eigenvalue weighted by atomic mass is 16.1. The second kappa shape index (κ2) is 4.84. The van der Waals surface area contributed by atoms with Gasteiger partial charge in [-0.2, -0.15) is 0 Å². The number of anilines is 2. The normalized spacial score (nSPS) is 17.1. The zero-order chi connectivity index (χ0) is 16.1. The minimum Gasteiger partial charge on any atom is -0.384 e. The number of nitrogens with two attached hydrogens (primary N) is 1. The van der Waals surface area contributed by atoms with Crippen LogP contribution in [0.4, 0.5) is 11.6 Å². The number of aromatic nitrogens is 2. The number of benzene rings is 1. The number of nitrogens with zero attached hydrogens (tertiary/aromatic N) is 1. The van der Waals surface area contributed by atoms with Gasteiger partial charge in [-0.05, 0) is 31.0 Å². The molecule has 4 N–H and O–H groups in total. The molecule has 0 bridgehead atoms. The Hall–Kier alpha value is -2.82. The second-order valence-corrected chi connectivity index (χ2v) is 6.12. The summed E-state index contributed by atoms with van der Waals surface area (Å²) in [5.74, 6) is 0.934. The number of H-pyrrole nitrogens is 1. The molecule has 0 saturated carbocycles. The molecular weight excluding hydrogens is 288 g/mol. The lowest BCUT2D eigenvalue weighted by atomic mass is 9.85. The molecule has 1 amide bonds. The molecule has 5 heteroatoms. The summed E-state index contributed by atoms with van der Waals surface area (Å²) in [4.78, 5) is 19.9. The highest BCUT2D eigenvalue weighted by molar-refractivity contribution is 5.96. The number of aryl methyl sites for hydroxylation is 2. The average Bonchev–Trinajstić information content (AvgIpc) is 2.81. The summed E-state index contributed by atoms with van der Waals surface area (Å²) in [6, 6.07) is 10.00. The molecule has 3 aromatic rings. The van der Waals surface area contributed by atoms with Gasteiger partial charge in [0.15, 0.2) is 0 Å². The summed E-state index contributed by atoms with van der Waals surface area (Å²) in [5.41, 5.74) is 11.4. The van der Waals surface area contributed by atoms with Crippen LogP contribution in [0.15, 0.2) is 30.3 Å². The highest BCUT2D eigenvalue weighted by Gasteiger charge is 2.29. The van der Waals surface area contributed by atoms with Crippen molar-refractivity contribution in [3.8, 4) is 0 Å². The smallest absolute Gasteiger partial charge is 0.226 e. The van der Waals surface area contributed by atoms with E-state index < -0.39 is 0 Å². The third-order valence-corrected chi connectivity index (χ3v) is 4.72. The van der Waals surface area contributed by atoms with Crippen molar-refractivity contribution in [3.63, 3.8) is 0 Å². The van der Waals surface area contributed by atoms with Crippen LogP contribution in [-0.2, 0) is 4.79 Å². The fourth-order valence-corrected chi connectivity index (χ4v) is 3.42. The first-order valence-electron chi connectivity index (χ1n) is 7.68. The summed E-state index contributed by atoms with van der Waals surface area (Å²) in [6.07, 6.45) is 0.412. The third kappa shape index (κ3) is 2.08. The fourth-order valence-electron chi connectivity index (χ4n) is 3.42. The zero-order valence-corrected chi connectivity index (χ0v) is 13.1. The molecule has 2 aromatic heterocycles. The van der Waals surface area contributed by atoms with Crippen molar-refractivity contribution in [3.05, 3.63) is 52.7 Å². The maximum absolute atomic E-state index is 12.1. The number of nitrogen functional groups attached to an aromatic ring is 1. The van der Waals surface area contributed by atoms with E-state index in [1.165, 1.54) is 10.9 Å². The largest absolute Gasteiger partial charge is 0.384 e. The van der Waals surface area contributed by atoms with Crippen LogP contribution >= 0.6 is 0 Å². The molecule has 116 valence electrons. The molecule has 0 radical (unpaired) electrons. The Bertz CT molecular complexity index is 942. The van der Waals surface area contributed by atoms with Gasteiger partial charge in [-0.3, -0.25) is 4.79 Å². The van der Waals surface area contributed by atoms with Crippen molar-refractivity contribution in [2.45, 2.75) is 26.2 Å². The molecule has 0 spiro atoms. The number of fused-ring (bicyclic) bond motifs is 2. The van der Waals surface area contributed by atoms with Crippen LogP contribution in [0.2, 0.25) is 0 Å². The molecule has 0 fully saturated rings. The lowest BCUT2D eigenvalue weighted by Crippen LogP contribution is -2.24. The Morgan fingerprint density at radius 1 is 1.17 bits per heavy atom. The van der Waals surface area contributed by atoms with Gasteiger partial charge < -0.3 is 16.0 Å². The lowest BCUT2D eigenvalue weighted by molar-refractivity contribution is -0.116. The van der Waals surface area contributed by atoms with Crippen LogP contribution < -0.4 is 11.1 Å². The number of rotatable bonds is 1. The van der Waals surface area contributed by atoms with Crippen molar-refractivity contribution in [1.82, 2.24) is 9.97 Å². The molecule has 5 nitrogen and oxygen atoms in total. The number of carbonyl (C=O) groups excluding carboxylic acids is 1. The van der Waals surface area contributed by atoms with Gasteiger partial charge in [0.1, 0.15) is 11.6 Å². The number of carbonyl (C=O) groups is 1. The second-order valence-electron chi connectivity index (χ2n) is 6.12. The van der Waals surface area contributed by atoms with E-state index in [1.54, 1.807) is 6.07 Å². The summed E-state index contributed by atoms with van der Waals surface area (Å²) >= 11 is 0. The van der Waals surface area contributed by atoms with Crippen LogP contribution in [0.1, 0.15) is 34.7 Å². The van der Waals surface area contributed by atoms with Crippen LogP contribution in [0.25, 0.3) is 10.9 Å². The maximum Gasteiger partial charge on any atom is 0.226 e. The van der Waals surface area contributed by atoms with Crippen molar-refractivity contribution in [1.29, 1.82) is 0 Å². The Labute approximate surface area is 133 Å². The third-order valence-electron chi connectivity index (χ3n) is 4.72. The molecule has 4 rings (SSSR count). The first kappa shape index (κ1) is 13.8. The van der Waals surface area contributed by atoms with E-state index in [4.69, 9.17) is 5.73 Å². The van der Waals surface area contributed by atoms with Gasteiger partial charge in [-0.1, -0.05) is 24.3 Å². The highest BCUT2D eigenvalue weighted by Crippen LogP contribution is 2.39. The Morgan fingerprint density at radius 2 is 2.00 bits per heavy atom. The monoisotopic (exact) mass is 306 g/mol. The molecule has 0 saturated heterocycles. The van der Waals surface area contributed by atoms with Crippen LogP contribution in [-0.4, -0.2) is 15.9 Å². The van der Waals surface area contributed by atoms with E-state index in [2.05, 4.69) is 47.3 Å². The zero-order valence-electron chi connectivity index (χ0n) is 13.1. The van der Waals surface area contributed by atoms with E-state index in [0.29, 0.717) is 18.1 Å². The molecule has 1 atom stereocenters. The number of para-hydroxylation sites is 1. The first-order valence-corrected chi connectivity index (χ1v) is 7.68. The van der Waals surface area contributed by atoms with E-state index in [1.807, 2.05) is 6.07 Å². The molecule has 1 unspecified atom stereocenters. The van der Waals surface area contributed by atoms with Gasteiger partial charge >= 0.3 is 0 Å². The molecule has 23 heavy (non-hydrogen) atoms. The number of amides is 1. The van der Waals surface area contributed by atoms with Gasteiger partial charge in [0, 0.05) is 34.5 Å². The first-order chi connectivity index (χ1) is 11.0. The number of hydrogen-bond acceptors (Lipinski definition) is 3. The van der Waals surface area contributed by atoms with Gasteiger partial charge in [0.05, 0.1) is 0 Å². The predicted molar refractivity (Wildman–Crippen MR) is 91.5 cm³/mol. The molecule has 1 aromatic carbocycles. The number of hydrogen-bond donors (Lipinski definition) is 3. The SMILES string of the molecule is Cc1[nH]c2c(C3CC(=O)Nc4nc(N)ccc43)cccc2c1C. The van der Waals surface area contributed by atoms with Crippen molar-refractivity contribution >= 4 is 28.4 Å². The maximum atomic E-state index is 12.1. The summed E-state index contributed by atoms with van der Waals surface area (Å²) < 4.78 is 0. The Morgan fingerprint density at radius 3 is 2.83 bits per heavy atom. The average molecular weight is 306 g/mol. The van der Waals surface area contributed by atoms with E-state index >= 15 is 0 Å². The van der Waals surface area contributed by atoms with Gasteiger partial charge in [-0.25, -0.2) is 4.98 Å². The van der Waals surface area contributed by atoms with Crippen molar-refractivity contribution in [2.75, 3.05) is 11.1 Å². The number of aromatic amines is 1. The van der Waals surface area contributed by atoms with Crippen LogP contribution in [0, 0.1) is 13.8 Å². The van der Waals surface area contributed by atoms with E-state index in [0.717, 1.165) is 22.3 Å². The van der Waals surface area contributed by atoms with Gasteiger partial charge in [0.2, 0.25) is 5.91 Å². The number of nitrogens with one attached hydrogen (secondary N) is 2. The predicted octanol–water partition coefficient (Wildman–Crippen LogP) is 3.24. The van der Waals surface area contributed by atoms with Gasteiger partial charge in [0.25, 0.3) is 0 Å². The summed E-state index contributed by atoms with van der Waals surface area (Å²) in [7, 11) is 0. The van der Waals surface area contributed by atoms with Crippen LogP contribution in [0.5, 0.6) is 0 Å². The van der Waals surface area contributed by atoms with Crippen LogP contribution in [0.3, 0.4) is 0 Å². The molecule has 1 aliphatic rings. The van der Waals surface area contributed by atoms with Gasteiger partial charge in [-0.15, -0.1) is 0 Å². The quantitative estimate of drug-likeness (QED) is 0.645. The Kier molecular flexibility index (Phi) is 2.91. The van der Waals surface area contributed by atoms with Crippen molar-refractivity contribution in [2.24, 2.45) is 0 Å². The standard InChI is InChI=1S/C18H18N4O/c1-9-10(2)20-17-11(9)4-3-5-12(17)14-8-16(23)22-18-13(14)6-7-15(19)21-18/h3-7,14,20H,8H2,1-2H3,(H3,19,21,22,23). The van der Waals surface area contributed by atoms with E-state index in [-0.39, 0.29) is 11.8 Å². The minimum absolute atomic E-state index is 0.0204. The molecular formula is C18H18N4O. The summed E-state index contributed by atoms with van der Waals surface area (Å²) in [5, 5.41) is 4.03. The van der Waals surface area contributed by atoms with E-state index in [9.17, 15) is 4.79 Å². The summed E-state index contributed by atoms with van der Waals surface area (Å²) in [6.45, 7) is 4.19. The molecule has 0 aliphatic carbocycles. The van der Waals surface area contributed by atoms with Crippen molar-refractivity contribution < 1.29 is 4.79 Å². The molecule has 1 aliphatic heterocycles. The molecule has 3 heterocycles. The fraction of sp³-hybridized carbons (Fsp3) is 0.222. The Balaban J connectivity index is 1.95. The number of pyridine rings is 1. The lowest BCUT2D eigenvalue weighted by Gasteiger charge is -2.25.